The maximum absolute atomic E-state index is 13.4. The lowest BCUT2D eigenvalue weighted by Crippen LogP contribution is -2.48. The van der Waals surface area contributed by atoms with E-state index in [0.29, 0.717) is 28.1 Å². The summed E-state index contributed by atoms with van der Waals surface area (Å²) in [6.45, 7) is 0. The maximum Gasteiger partial charge on any atom is 0.262 e. The van der Waals surface area contributed by atoms with Gasteiger partial charge in [0.25, 0.3) is 5.91 Å². The summed E-state index contributed by atoms with van der Waals surface area (Å²) in [7, 11) is 0. The Labute approximate surface area is 125 Å². The quantitative estimate of drug-likeness (QED) is 0.780. The summed E-state index contributed by atoms with van der Waals surface area (Å²) in [5, 5.41) is 22.4. The van der Waals surface area contributed by atoms with Crippen molar-refractivity contribution < 1.29 is 14.3 Å². The van der Waals surface area contributed by atoms with E-state index in [1.54, 1.807) is 18.2 Å². The molecule has 0 aliphatic carbocycles. The van der Waals surface area contributed by atoms with E-state index >= 15 is 0 Å². The van der Waals surface area contributed by atoms with Gasteiger partial charge in [0.15, 0.2) is 0 Å². The third-order valence-corrected chi connectivity index (χ3v) is 4.05. The van der Waals surface area contributed by atoms with E-state index in [1.165, 1.54) is 23.1 Å². The summed E-state index contributed by atoms with van der Waals surface area (Å²) in [6.07, 6.45) is -1.69. The average Bonchev–Trinajstić information content (AvgIpc) is 2.80. The van der Waals surface area contributed by atoms with E-state index in [-0.39, 0.29) is 5.91 Å². The minimum atomic E-state index is -0.983. The highest BCUT2D eigenvalue weighted by Crippen LogP contribution is 2.44. The van der Waals surface area contributed by atoms with Crippen LogP contribution in [0.25, 0.3) is 0 Å². The summed E-state index contributed by atoms with van der Waals surface area (Å²) in [4.78, 5) is 14.1. The Morgan fingerprint density at radius 3 is 2.86 bits per heavy atom. The van der Waals surface area contributed by atoms with E-state index in [2.05, 4.69) is 5.32 Å². The molecule has 5 nitrogen and oxygen atoms in total. The molecule has 2 unspecified atom stereocenters. The van der Waals surface area contributed by atoms with E-state index in [0.717, 1.165) is 0 Å². The van der Waals surface area contributed by atoms with Crippen molar-refractivity contribution in [3.8, 4) is 6.07 Å². The van der Waals surface area contributed by atoms with Gasteiger partial charge in [0, 0.05) is 5.56 Å². The predicted octanol–water partition coefficient (Wildman–Crippen LogP) is 2.14. The first kappa shape index (κ1) is 12.8. The number of nitrogens with zero attached hydrogens (tertiary/aromatic N) is 2. The Hall–Kier alpha value is -2.91. The van der Waals surface area contributed by atoms with Crippen LogP contribution in [0, 0.1) is 17.1 Å². The fourth-order valence-electron chi connectivity index (χ4n) is 3.03. The Morgan fingerprint density at radius 1 is 1.27 bits per heavy atom. The van der Waals surface area contributed by atoms with Crippen molar-refractivity contribution in [1.82, 2.24) is 0 Å². The third-order valence-electron chi connectivity index (χ3n) is 4.05. The molecule has 2 N–H and O–H groups in total. The molecule has 6 heteroatoms. The molecule has 2 aliphatic heterocycles. The lowest BCUT2D eigenvalue weighted by Gasteiger charge is -2.34. The monoisotopic (exact) mass is 295 g/mol. The number of carbonyl (C=O) groups excluding carboxylic acids is 1. The molecule has 2 aromatic carbocycles. The number of halogens is 1. The van der Waals surface area contributed by atoms with Crippen molar-refractivity contribution in [1.29, 1.82) is 5.26 Å². The summed E-state index contributed by atoms with van der Waals surface area (Å²) in [6, 6.07) is 10.7. The van der Waals surface area contributed by atoms with Crippen molar-refractivity contribution in [3.63, 3.8) is 0 Å². The number of carbonyl (C=O) groups is 1. The van der Waals surface area contributed by atoms with Crippen LogP contribution in [0.1, 0.15) is 27.6 Å². The molecule has 2 atom stereocenters. The highest BCUT2D eigenvalue weighted by molar-refractivity contribution is 6.13. The van der Waals surface area contributed by atoms with Crippen molar-refractivity contribution in [2.75, 3.05) is 10.2 Å². The Kier molecular flexibility index (Phi) is 2.50. The number of benzene rings is 2. The molecular weight excluding hydrogens is 285 g/mol. The van der Waals surface area contributed by atoms with E-state index < -0.39 is 18.1 Å². The minimum Gasteiger partial charge on any atom is -0.384 e. The number of amides is 1. The van der Waals surface area contributed by atoms with Crippen LogP contribution in [0.4, 0.5) is 15.8 Å². The zero-order valence-electron chi connectivity index (χ0n) is 11.2. The summed E-state index contributed by atoms with van der Waals surface area (Å²) >= 11 is 0. The molecular formula is C16H10FN3O2. The normalized spacial score (nSPS) is 21.5. The minimum absolute atomic E-state index is 0.304. The average molecular weight is 295 g/mol. The first-order chi connectivity index (χ1) is 10.6. The second-order valence-electron chi connectivity index (χ2n) is 5.28. The second kappa shape index (κ2) is 4.29. The molecule has 0 saturated carbocycles. The van der Waals surface area contributed by atoms with Gasteiger partial charge >= 0.3 is 0 Å². The van der Waals surface area contributed by atoms with Crippen LogP contribution in [-0.4, -0.2) is 17.2 Å². The fraction of sp³-hybridized carbons (Fsp3) is 0.125. The molecule has 4 rings (SSSR count). The molecule has 0 bridgehead atoms. The lowest BCUT2D eigenvalue weighted by molar-refractivity contribution is 0.0940. The smallest absolute Gasteiger partial charge is 0.262 e. The molecule has 2 aromatic rings. The maximum atomic E-state index is 13.4. The molecule has 0 spiro atoms. The fourth-order valence-corrected chi connectivity index (χ4v) is 3.03. The highest BCUT2D eigenvalue weighted by Gasteiger charge is 2.44. The SMILES string of the molecule is N#Cc1ccc2c(c1)C(O)C1Nc3cc(F)ccc3C(=O)N21. The van der Waals surface area contributed by atoms with Gasteiger partial charge in [0.1, 0.15) is 18.1 Å². The topological polar surface area (TPSA) is 76.4 Å². The molecule has 22 heavy (non-hydrogen) atoms. The van der Waals surface area contributed by atoms with Gasteiger partial charge in [-0.2, -0.15) is 5.26 Å². The van der Waals surface area contributed by atoms with Crippen LogP contribution in [0.5, 0.6) is 0 Å². The Bertz CT molecular complexity index is 859. The molecule has 1 amide bonds. The van der Waals surface area contributed by atoms with Crippen LogP contribution >= 0.6 is 0 Å². The van der Waals surface area contributed by atoms with Crippen molar-refractivity contribution >= 4 is 17.3 Å². The molecule has 0 fully saturated rings. The van der Waals surface area contributed by atoms with E-state index in [1.807, 2.05) is 6.07 Å². The van der Waals surface area contributed by atoms with Crippen LogP contribution in [0.15, 0.2) is 36.4 Å². The van der Waals surface area contributed by atoms with Crippen LogP contribution < -0.4 is 10.2 Å². The Balaban J connectivity index is 1.87. The number of aliphatic hydroxyl groups is 1. The van der Waals surface area contributed by atoms with E-state index in [9.17, 15) is 14.3 Å². The molecule has 0 aromatic heterocycles. The van der Waals surface area contributed by atoms with Crippen LogP contribution in [0.3, 0.4) is 0 Å². The van der Waals surface area contributed by atoms with Crippen LogP contribution in [0.2, 0.25) is 0 Å². The molecule has 0 radical (unpaired) electrons. The molecule has 108 valence electrons. The number of nitriles is 1. The molecule has 2 heterocycles. The van der Waals surface area contributed by atoms with Gasteiger partial charge in [-0.05, 0) is 36.4 Å². The van der Waals surface area contributed by atoms with Crippen molar-refractivity contribution in [2.45, 2.75) is 12.3 Å². The lowest BCUT2D eigenvalue weighted by atomic mass is 10.1. The third kappa shape index (κ3) is 1.57. The zero-order chi connectivity index (χ0) is 15.4. The zero-order valence-corrected chi connectivity index (χ0v) is 11.2. The predicted molar refractivity (Wildman–Crippen MR) is 76.7 cm³/mol. The highest BCUT2D eigenvalue weighted by atomic mass is 19.1. The van der Waals surface area contributed by atoms with Crippen molar-refractivity contribution in [3.05, 3.63) is 58.9 Å². The van der Waals surface area contributed by atoms with Crippen molar-refractivity contribution in [2.24, 2.45) is 0 Å². The number of nitrogens with one attached hydrogen (secondary N) is 1. The number of hydrogen-bond donors (Lipinski definition) is 2. The number of fused-ring (bicyclic) bond motifs is 4. The molecule has 0 saturated heterocycles. The van der Waals surface area contributed by atoms with Crippen LogP contribution in [-0.2, 0) is 0 Å². The largest absolute Gasteiger partial charge is 0.384 e. The van der Waals surface area contributed by atoms with Gasteiger partial charge in [0.2, 0.25) is 0 Å². The number of rotatable bonds is 0. The van der Waals surface area contributed by atoms with Gasteiger partial charge in [-0.3, -0.25) is 9.69 Å². The first-order valence-electron chi connectivity index (χ1n) is 6.72. The Morgan fingerprint density at radius 2 is 2.09 bits per heavy atom. The van der Waals surface area contributed by atoms with Gasteiger partial charge in [0.05, 0.1) is 28.6 Å². The second-order valence-corrected chi connectivity index (χ2v) is 5.28. The standard InChI is InChI=1S/C16H10FN3O2/c17-9-2-3-10-12(6-9)19-15-14(21)11-5-8(7-18)1-4-13(11)20(15)16(10)22/h1-6,14-15,19,21H. The number of anilines is 2. The van der Waals surface area contributed by atoms with Gasteiger partial charge in [-0.1, -0.05) is 0 Å². The molecule has 2 aliphatic rings. The summed E-state index contributed by atoms with van der Waals surface area (Å²) in [5.74, 6) is -0.759. The van der Waals surface area contributed by atoms with Gasteiger partial charge in [-0.15, -0.1) is 0 Å². The van der Waals surface area contributed by atoms with E-state index in [4.69, 9.17) is 5.26 Å². The summed E-state index contributed by atoms with van der Waals surface area (Å²) in [5.41, 5.74) is 2.19. The number of hydrogen-bond acceptors (Lipinski definition) is 4. The first-order valence-corrected chi connectivity index (χ1v) is 6.72. The number of aliphatic hydroxyl groups excluding tert-OH is 1. The summed E-state index contributed by atoms with van der Waals surface area (Å²) < 4.78 is 13.4. The van der Waals surface area contributed by atoms with Gasteiger partial charge in [-0.25, -0.2) is 4.39 Å². The van der Waals surface area contributed by atoms with Gasteiger partial charge < -0.3 is 10.4 Å².